The van der Waals surface area contributed by atoms with Gasteiger partial charge in [0.1, 0.15) is 0 Å². The molecule has 1 aliphatic heterocycles. The number of hydrogen-bond donors (Lipinski definition) is 1. The SMILES string of the molecule is CCCNCc1cccc(Cl)c1N1CCS(=O)CC1. The smallest absolute Gasteiger partial charge is 0.0642 e. The average Bonchev–Trinajstić information content (AvgIpc) is 2.41. The van der Waals surface area contributed by atoms with Crippen molar-refractivity contribution in [2.24, 2.45) is 0 Å². The van der Waals surface area contributed by atoms with Crippen molar-refractivity contribution >= 4 is 28.1 Å². The van der Waals surface area contributed by atoms with Crippen LogP contribution >= 0.6 is 11.6 Å². The topological polar surface area (TPSA) is 32.3 Å². The molecule has 1 aromatic carbocycles. The molecule has 1 heterocycles. The van der Waals surface area contributed by atoms with E-state index in [4.69, 9.17) is 11.6 Å². The molecule has 1 aromatic rings. The molecular formula is C14H21ClN2OS. The molecule has 3 nitrogen and oxygen atoms in total. The Balaban J connectivity index is 2.15. The van der Waals surface area contributed by atoms with Crippen molar-refractivity contribution < 1.29 is 4.21 Å². The predicted octanol–water partition coefficient (Wildman–Crippen LogP) is 2.41. The maximum atomic E-state index is 11.5. The molecule has 106 valence electrons. The summed E-state index contributed by atoms with van der Waals surface area (Å²) >= 11 is 6.37. The zero-order valence-corrected chi connectivity index (χ0v) is 12.9. The van der Waals surface area contributed by atoms with Gasteiger partial charge in [0.05, 0.1) is 10.7 Å². The second-order valence-electron chi connectivity index (χ2n) is 4.76. The fraction of sp³-hybridized carbons (Fsp3) is 0.571. The van der Waals surface area contributed by atoms with Gasteiger partial charge in [0.25, 0.3) is 0 Å². The molecule has 0 aliphatic carbocycles. The van der Waals surface area contributed by atoms with E-state index in [2.05, 4.69) is 23.2 Å². The van der Waals surface area contributed by atoms with Gasteiger partial charge >= 0.3 is 0 Å². The first kappa shape index (κ1) is 14.8. The van der Waals surface area contributed by atoms with E-state index in [-0.39, 0.29) is 0 Å². The number of nitrogens with zero attached hydrogens (tertiary/aromatic N) is 1. The Morgan fingerprint density at radius 3 is 2.79 bits per heavy atom. The summed E-state index contributed by atoms with van der Waals surface area (Å²) in [6, 6.07) is 6.05. The highest BCUT2D eigenvalue weighted by Gasteiger charge is 2.19. The van der Waals surface area contributed by atoms with Crippen LogP contribution in [0.3, 0.4) is 0 Å². The van der Waals surface area contributed by atoms with Crippen molar-refractivity contribution in [3.63, 3.8) is 0 Å². The fourth-order valence-corrected chi connectivity index (χ4v) is 3.68. The Kier molecular flexibility index (Phi) is 5.67. The average molecular weight is 301 g/mol. The van der Waals surface area contributed by atoms with Crippen LogP contribution in [-0.2, 0) is 17.3 Å². The summed E-state index contributed by atoms with van der Waals surface area (Å²) in [6.45, 7) is 5.67. The first-order valence-electron chi connectivity index (χ1n) is 6.80. The van der Waals surface area contributed by atoms with Crippen molar-refractivity contribution in [2.75, 3.05) is 36.0 Å². The van der Waals surface area contributed by atoms with E-state index in [1.54, 1.807) is 0 Å². The van der Waals surface area contributed by atoms with E-state index >= 15 is 0 Å². The Bertz CT molecular complexity index is 443. The molecule has 1 N–H and O–H groups in total. The number of halogens is 1. The van der Waals surface area contributed by atoms with Crippen LogP contribution in [0, 0.1) is 0 Å². The van der Waals surface area contributed by atoms with Gasteiger partial charge in [-0.15, -0.1) is 0 Å². The maximum Gasteiger partial charge on any atom is 0.0642 e. The van der Waals surface area contributed by atoms with Crippen LogP contribution in [0.15, 0.2) is 18.2 Å². The normalized spacial score (nSPS) is 16.8. The summed E-state index contributed by atoms with van der Waals surface area (Å²) in [7, 11) is -0.655. The van der Waals surface area contributed by atoms with E-state index in [1.165, 1.54) is 5.56 Å². The minimum atomic E-state index is -0.655. The molecule has 0 unspecified atom stereocenters. The number of hydrogen-bond acceptors (Lipinski definition) is 3. The second kappa shape index (κ2) is 7.27. The monoisotopic (exact) mass is 300 g/mol. The minimum Gasteiger partial charge on any atom is -0.368 e. The summed E-state index contributed by atoms with van der Waals surface area (Å²) in [4.78, 5) is 2.27. The number of para-hydroxylation sites is 1. The molecule has 5 heteroatoms. The van der Waals surface area contributed by atoms with Gasteiger partial charge in [0.2, 0.25) is 0 Å². The molecule has 0 aromatic heterocycles. The molecule has 0 radical (unpaired) electrons. The summed E-state index contributed by atoms with van der Waals surface area (Å²) in [5.74, 6) is 1.49. The molecule has 0 spiro atoms. The lowest BCUT2D eigenvalue weighted by molar-refractivity contribution is 0.666. The molecule has 19 heavy (non-hydrogen) atoms. The van der Waals surface area contributed by atoms with Crippen LogP contribution in [-0.4, -0.2) is 35.3 Å². The van der Waals surface area contributed by atoms with Gasteiger partial charge < -0.3 is 10.2 Å². The standard InChI is InChI=1S/C14H21ClN2OS/c1-2-6-16-11-12-4-3-5-13(15)14(12)17-7-9-19(18)10-8-17/h3-5,16H,2,6-11H2,1H3. The number of anilines is 1. The minimum absolute atomic E-state index is 0.655. The van der Waals surface area contributed by atoms with Crippen molar-refractivity contribution in [3.05, 3.63) is 28.8 Å². The zero-order valence-electron chi connectivity index (χ0n) is 11.3. The third-order valence-electron chi connectivity index (χ3n) is 3.31. The Morgan fingerprint density at radius 2 is 2.11 bits per heavy atom. The first-order valence-corrected chi connectivity index (χ1v) is 8.67. The summed E-state index contributed by atoms with van der Waals surface area (Å²) in [6.07, 6.45) is 1.12. The van der Waals surface area contributed by atoms with Crippen molar-refractivity contribution in [2.45, 2.75) is 19.9 Å². The number of rotatable bonds is 5. The lowest BCUT2D eigenvalue weighted by atomic mass is 10.1. The van der Waals surface area contributed by atoms with Crippen molar-refractivity contribution in [3.8, 4) is 0 Å². The first-order chi connectivity index (χ1) is 9.22. The Morgan fingerprint density at radius 1 is 1.37 bits per heavy atom. The van der Waals surface area contributed by atoms with Gasteiger partial charge in [0.15, 0.2) is 0 Å². The molecule has 1 saturated heterocycles. The Labute approximate surface area is 122 Å². The predicted molar refractivity (Wildman–Crippen MR) is 83.5 cm³/mol. The second-order valence-corrected chi connectivity index (χ2v) is 6.86. The highest BCUT2D eigenvalue weighted by atomic mass is 35.5. The lowest BCUT2D eigenvalue weighted by Gasteiger charge is -2.31. The zero-order chi connectivity index (χ0) is 13.7. The molecule has 0 bridgehead atoms. The number of nitrogens with one attached hydrogen (secondary N) is 1. The van der Waals surface area contributed by atoms with Crippen LogP contribution in [0.1, 0.15) is 18.9 Å². The summed E-state index contributed by atoms with van der Waals surface area (Å²) in [5, 5.41) is 4.22. The largest absolute Gasteiger partial charge is 0.368 e. The van der Waals surface area contributed by atoms with Gasteiger partial charge in [-0.2, -0.15) is 0 Å². The molecule has 0 saturated carbocycles. The van der Waals surface area contributed by atoms with Crippen LogP contribution in [0.25, 0.3) is 0 Å². The third kappa shape index (κ3) is 3.94. The highest BCUT2D eigenvalue weighted by Crippen LogP contribution is 2.30. The van der Waals surface area contributed by atoms with Crippen molar-refractivity contribution in [1.29, 1.82) is 0 Å². The molecule has 0 amide bonds. The van der Waals surface area contributed by atoms with Gasteiger partial charge in [-0.3, -0.25) is 4.21 Å². The van der Waals surface area contributed by atoms with Gasteiger partial charge in [-0.05, 0) is 24.6 Å². The fourth-order valence-electron chi connectivity index (χ4n) is 2.32. The molecule has 1 aliphatic rings. The molecule has 2 rings (SSSR count). The van der Waals surface area contributed by atoms with Crippen molar-refractivity contribution in [1.82, 2.24) is 5.32 Å². The van der Waals surface area contributed by atoms with Crippen LogP contribution < -0.4 is 10.2 Å². The Hall–Kier alpha value is -0.580. The van der Waals surface area contributed by atoms with Crippen LogP contribution in [0.2, 0.25) is 5.02 Å². The van der Waals surface area contributed by atoms with Crippen LogP contribution in [0.4, 0.5) is 5.69 Å². The van der Waals surface area contributed by atoms with E-state index < -0.39 is 10.8 Å². The highest BCUT2D eigenvalue weighted by molar-refractivity contribution is 7.85. The van der Waals surface area contributed by atoms with E-state index in [0.29, 0.717) is 0 Å². The summed E-state index contributed by atoms with van der Waals surface area (Å²) in [5.41, 5.74) is 2.35. The van der Waals surface area contributed by atoms with Gasteiger partial charge in [-0.25, -0.2) is 0 Å². The number of benzene rings is 1. The maximum absolute atomic E-state index is 11.5. The third-order valence-corrected chi connectivity index (χ3v) is 4.89. The van der Waals surface area contributed by atoms with Gasteiger partial charge in [0, 0.05) is 41.9 Å². The van der Waals surface area contributed by atoms with Crippen LogP contribution in [0.5, 0.6) is 0 Å². The summed E-state index contributed by atoms with van der Waals surface area (Å²) < 4.78 is 11.5. The van der Waals surface area contributed by atoms with E-state index in [0.717, 1.165) is 54.8 Å². The van der Waals surface area contributed by atoms with E-state index in [9.17, 15) is 4.21 Å². The lowest BCUT2D eigenvalue weighted by Crippen LogP contribution is -2.38. The molecule has 1 fully saturated rings. The quantitative estimate of drug-likeness (QED) is 0.848. The molecule has 0 atom stereocenters. The van der Waals surface area contributed by atoms with E-state index in [1.807, 2.05) is 12.1 Å². The van der Waals surface area contributed by atoms with Gasteiger partial charge in [-0.1, -0.05) is 30.7 Å². The molecular weight excluding hydrogens is 280 g/mol.